The summed E-state index contributed by atoms with van der Waals surface area (Å²) < 4.78 is 6.96. The third-order valence-corrected chi connectivity index (χ3v) is 3.09. The highest BCUT2D eigenvalue weighted by molar-refractivity contribution is 5.64. The molecule has 0 aromatic carbocycles. The standard InChI is InChI=1S/C12H14N4O2/c1-18-11-2-7(5-14-12(11)13)10-4-8-3-9(17)6-16(8)15-10/h2,4-5,9,17H,3,6H2,1H3,(H2,13,14). The Kier molecular flexibility index (Phi) is 2.45. The lowest BCUT2D eigenvalue weighted by molar-refractivity contribution is 0.173. The van der Waals surface area contributed by atoms with Crippen LogP contribution in [-0.2, 0) is 13.0 Å². The molecule has 0 amide bonds. The van der Waals surface area contributed by atoms with E-state index in [-0.39, 0.29) is 6.10 Å². The molecule has 3 heterocycles. The second kappa shape index (κ2) is 3.99. The van der Waals surface area contributed by atoms with Crippen molar-refractivity contribution in [2.24, 2.45) is 0 Å². The van der Waals surface area contributed by atoms with Gasteiger partial charge in [0.2, 0.25) is 0 Å². The van der Waals surface area contributed by atoms with Crippen LogP contribution >= 0.6 is 0 Å². The molecule has 0 bridgehead atoms. The van der Waals surface area contributed by atoms with E-state index in [4.69, 9.17) is 10.5 Å². The Bertz CT molecular complexity index is 570. The maximum atomic E-state index is 9.51. The van der Waals surface area contributed by atoms with E-state index in [1.165, 1.54) is 0 Å². The Morgan fingerprint density at radius 3 is 3.06 bits per heavy atom. The van der Waals surface area contributed by atoms with Gasteiger partial charge in [0.1, 0.15) is 0 Å². The Hall–Kier alpha value is -2.08. The Morgan fingerprint density at radius 2 is 2.33 bits per heavy atom. The van der Waals surface area contributed by atoms with Crippen LogP contribution in [0.2, 0.25) is 0 Å². The number of anilines is 1. The number of aliphatic hydroxyl groups is 1. The quantitative estimate of drug-likeness (QED) is 0.803. The molecule has 0 saturated carbocycles. The van der Waals surface area contributed by atoms with Crippen molar-refractivity contribution in [3.8, 4) is 17.0 Å². The average molecular weight is 246 g/mol. The molecule has 2 aromatic rings. The molecule has 2 aromatic heterocycles. The summed E-state index contributed by atoms with van der Waals surface area (Å²) >= 11 is 0. The summed E-state index contributed by atoms with van der Waals surface area (Å²) in [6.07, 6.45) is 2.00. The monoisotopic (exact) mass is 246 g/mol. The minimum Gasteiger partial charge on any atom is -0.493 e. The predicted molar refractivity (Wildman–Crippen MR) is 66.1 cm³/mol. The predicted octanol–water partition coefficient (Wildman–Crippen LogP) is 0.453. The van der Waals surface area contributed by atoms with Crippen LogP contribution < -0.4 is 10.5 Å². The zero-order valence-corrected chi connectivity index (χ0v) is 10.00. The highest BCUT2D eigenvalue weighted by Crippen LogP contribution is 2.28. The number of ether oxygens (including phenoxy) is 1. The summed E-state index contributed by atoms with van der Waals surface area (Å²) in [4.78, 5) is 4.08. The van der Waals surface area contributed by atoms with Gasteiger partial charge in [-0.2, -0.15) is 5.10 Å². The number of nitrogen functional groups attached to an aromatic ring is 1. The number of aliphatic hydroxyl groups excluding tert-OH is 1. The summed E-state index contributed by atoms with van der Waals surface area (Å²) in [6, 6.07) is 3.78. The third-order valence-electron chi connectivity index (χ3n) is 3.09. The van der Waals surface area contributed by atoms with Crippen molar-refractivity contribution in [1.29, 1.82) is 0 Å². The Balaban J connectivity index is 1.98. The van der Waals surface area contributed by atoms with E-state index >= 15 is 0 Å². The number of hydrogen-bond acceptors (Lipinski definition) is 5. The number of hydrogen-bond donors (Lipinski definition) is 2. The molecule has 6 heteroatoms. The molecule has 6 nitrogen and oxygen atoms in total. The van der Waals surface area contributed by atoms with Crippen molar-refractivity contribution >= 4 is 5.82 Å². The van der Waals surface area contributed by atoms with Gasteiger partial charge in [-0.05, 0) is 12.1 Å². The lowest BCUT2D eigenvalue weighted by Crippen LogP contribution is -2.08. The van der Waals surface area contributed by atoms with Gasteiger partial charge in [0.15, 0.2) is 11.6 Å². The first kappa shape index (κ1) is 11.0. The van der Waals surface area contributed by atoms with Gasteiger partial charge in [-0.1, -0.05) is 0 Å². The number of fused-ring (bicyclic) bond motifs is 1. The minimum atomic E-state index is -0.319. The van der Waals surface area contributed by atoms with E-state index in [9.17, 15) is 5.11 Å². The molecule has 0 spiro atoms. The third kappa shape index (κ3) is 1.70. The van der Waals surface area contributed by atoms with Gasteiger partial charge in [-0.3, -0.25) is 4.68 Å². The zero-order chi connectivity index (χ0) is 12.7. The summed E-state index contributed by atoms with van der Waals surface area (Å²) in [5.41, 5.74) is 8.39. The second-order valence-corrected chi connectivity index (χ2v) is 4.37. The number of nitrogens with zero attached hydrogens (tertiary/aromatic N) is 3. The van der Waals surface area contributed by atoms with Crippen LogP contribution in [0.15, 0.2) is 18.3 Å². The molecule has 1 unspecified atom stereocenters. The van der Waals surface area contributed by atoms with Gasteiger partial charge in [-0.15, -0.1) is 0 Å². The van der Waals surface area contributed by atoms with E-state index in [1.54, 1.807) is 13.3 Å². The molecule has 3 rings (SSSR count). The van der Waals surface area contributed by atoms with Crippen molar-refractivity contribution in [2.45, 2.75) is 19.1 Å². The number of nitrogens with two attached hydrogens (primary N) is 1. The number of methoxy groups -OCH3 is 1. The van der Waals surface area contributed by atoms with Crippen LogP contribution in [0, 0.1) is 0 Å². The molecular formula is C12H14N4O2. The molecule has 0 radical (unpaired) electrons. The van der Waals surface area contributed by atoms with E-state index in [2.05, 4.69) is 10.1 Å². The molecule has 0 aliphatic carbocycles. The number of pyridine rings is 1. The lowest BCUT2D eigenvalue weighted by atomic mass is 10.1. The van der Waals surface area contributed by atoms with Crippen molar-refractivity contribution in [3.05, 3.63) is 24.0 Å². The molecule has 1 atom stereocenters. The van der Waals surface area contributed by atoms with Crippen molar-refractivity contribution in [2.75, 3.05) is 12.8 Å². The van der Waals surface area contributed by atoms with Crippen molar-refractivity contribution in [3.63, 3.8) is 0 Å². The van der Waals surface area contributed by atoms with E-state index < -0.39 is 0 Å². The molecular weight excluding hydrogens is 232 g/mol. The average Bonchev–Trinajstić information content (AvgIpc) is 2.86. The molecule has 3 N–H and O–H groups in total. The fourth-order valence-electron chi connectivity index (χ4n) is 2.18. The van der Waals surface area contributed by atoms with Crippen LogP contribution in [0.3, 0.4) is 0 Å². The van der Waals surface area contributed by atoms with Gasteiger partial charge in [0, 0.05) is 23.9 Å². The van der Waals surface area contributed by atoms with Crippen LogP contribution in [0.25, 0.3) is 11.3 Å². The second-order valence-electron chi connectivity index (χ2n) is 4.37. The number of rotatable bonds is 2. The topological polar surface area (TPSA) is 86.2 Å². The first-order valence-corrected chi connectivity index (χ1v) is 5.72. The minimum absolute atomic E-state index is 0.319. The summed E-state index contributed by atoms with van der Waals surface area (Å²) in [7, 11) is 1.56. The normalized spacial score (nSPS) is 17.8. The van der Waals surface area contributed by atoms with Gasteiger partial charge in [0.05, 0.1) is 25.5 Å². The summed E-state index contributed by atoms with van der Waals surface area (Å²) in [5, 5.41) is 13.9. The highest BCUT2D eigenvalue weighted by Gasteiger charge is 2.21. The summed E-state index contributed by atoms with van der Waals surface area (Å²) in [5.74, 6) is 0.907. The Morgan fingerprint density at radius 1 is 1.50 bits per heavy atom. The largest absolute Gasteiger partial charge is 0.493 e. The lowest BCUT2D eigenvalue weighted by Gasteiger charge is -2.05. The first-order valence-electron chi connectivity index (χ1n) is 5.72. The fraction of sp³-hybridized carbons (Fsp3) is 0.333. The van der Waals surface area contributed by atoms with Crippen LogP contribution in [0.5, 0.6) is 5.75 Å². The maximum absolute atomic E-state index is 9.51. The molecule has 0 saturated heterocycles. The first-order chi connectivity index (χ1) is 8.67. The molecule has 1 aliphatic rings. The van der Waals surface area contributed by atoms with Crippen LogP contribution in [0.4, 0.5) is 5.82 Å². The van der Waals surface area contributed by atoms with Gasteiger partial charge >= 0.3 is 0 Å². The maximum Gasteiger partial charge on any atom is 0.166 e. The van der Waals surface area contributed by atoms with E-state index in [1.807, 2.05) is 16.8 Å². The molecule has 94 valence electrons. The molecule has 1 aliphatic heterocycles. The van der Waals surface area contributed by atoms with Crippen LogP contribution in [0.1, 0.15) is 5.69 Å². The Labute approximate surface area is 104 Å². The smallest absolute Gasteiger partial charge is 0.166 e. The fourth-order valence-corrected chi connectivity index (χ4v) is 2.18. The SMILES string of the molecule is COc1cc(-c2cc3n(n2)CC(O)C3)cnc1N. The van der Waals surface area contributed by atoms with Crippen molar-refractivity contribution < 1.29 is 9.84 Å². The highest BCUT2D eigenvalue weighted by atomic mass is 16.5. The van der Waals surface area contributed by atoms with E-state index in [0.717, 1.165) is 17.0 Å². The zero-order valence-electron chi connectivity index (χ0n) is 10.00. The van der Waals surface area contributed by atoms with Crippen LogP contribution in [-0.4, -0.2) is 33.1 Å². The van der Waals surface area contributed by atoms with E-state index in [0.29, 0.717) is 24.5 Å². The molecule has 18 heavy (non-hydrogen) atoms. The van der Waals surface area contributed by atoms with Gasteiger partial charge in [0.25, 0.3) is 0 Å². The van der Waals surface area contributed by atoms with Gasteiger partial charge < -0.3 is 15.6 Å². The summed E-state index contributed by atoms with van der Waals surface area (Å²) in [6.45, 7) is 0.550. The van der Waals surface area contributed by atoms with Crippen molar-refractivity contribution in [1.82, 2.24) is 14.8 Å². The van der Waals surface area contributed by atoms with Gasteiger partial charge in [-0.25, -0.2) is 4.98 Å². The molecule has 0 fully saturated rings. The number of aromatic nitrogens is 3.